The number of rotatable bonds is 7. The number of furan rings is 1. The molecule has 1 aromatic carbocycles. The number of benzene rings is 1. The average Bonchev–Trinajstić information content (AvgIpc) is 3.39. The third-order valence-corrected chi connectivity index (χ3v) is 6.34. The highest BCUT2D eigenvalue weighted by Crippen LogP contribution is 2.14. The van der Waals surface area contributed by atoms with E-state index in [0.29, 0.717) is 38.5 Å². The van der Waals surface area contributed by atoms with Crippen molar-refractivity contribution in [1.82, 2.24) is 19.6 Å². The van der Waals surface area contributed by atoms with E-state index in [1.807, 2.05) is 42.2 Å². The molecule has 1 atom stereocenters. The Balaban J connectivity index is 1.17. The zero-order chi connectivity index (χ0) is 22.3. The third-order valence-electron chi connectivity index (χ3n) is 6.34. The van der Waals surface area contributed by atoms with Gasteiger partial charge in [-0.25, -0.2) is 0 Å². The lowest BCUT2D eigenvalue weighted by Gasteiger charge is -2.40. The van der Waals surface area contributed by atoms with Crippen molar-refractivity contribution in [1.29, 1.82) is 0 Å². The minimum atomic E-state index is -0.148. The van der Waals surface area contributed by atoms with Gasteiger partial charge in [-0.2, -0.15) is 0 Å². The van der Waals surface area contributed by atoms with Gasteiger partial charge in [0.15, 0.2) is 5.76 Å². The molecule has 0 radical (unpaired) electrons. The van der Waals surface area contributed by atoms with Crippen LogP contribution in [0.2, 0.25) is 0 Å². The fraction of sp³-hybridized carbons (Fsp3) is 0.500. The molecule has 8 heteroatoms. The van der Waals surface area contributed by atoms with Gasteiger partial charge in [0.1, 0.15) is 12.4 Å². The Bertz CT molecular complexity index is 857. The SMILES string of the molecule is CC(C(=O)N1CCN(C(=O)c2ccco2)CC1)N1CCN(CCOc2ccccc2)CC1. The highest BCUT2D eigenvalue weighted by Gasteiger charge is 2.31. The van der Waals surface area contributed by atoms with Crippen molar-refractivity contribution in [2.45, 2.75) is 13.0 Å². The second-order valence-electron chi connectivity index (χ2n) is 8.31. The Morgan fingerprint density at radius 3 is 2.25 bits per heavy atom. The lowest BCUT2D eigenvalue weighted by Crippen LogP contribution is -2.58. The summed E-state index contributed by atoms with van der Waals surface area (Å²) < 4.78 is 11.0. The molecule has 0 saturated carbocycles. The van der Waals surface area contributed by atoms with Gasteiger partial charge in [-0.05, 0) is 31.2 Å². The molecule has 0 spiro atoms. The van der Waals surface area contributed by atoms with E-state index in [0.717, 1.165) is 38.5 Å². The second-order valence-corrected chi connectivity index (χ2v) is 8.31. The minimum absolute atomic E-state index is 0.109. The van der Waals surface area contributed by atoms with Crippen molar-refractivity contribution in [2.75, 3.05) is 65.5 Å². The van der Waals surface area contributed by atoms with Gasteiger partial charge >= 0.3 is 0 Å². The van der Waals surface area contributed by atoms with E-state index in [4.69, 9.17) is 9.15 Å². The Morgan fingerprint density at radius 2 is 1.59 bits per heavy atom. The number of carbonyl (C=O) groups excluding carboxylic acids is 2. The average molecular weight is 441 g/mol. The van der Waals surface area contributed by atoms with Gasteiger partial charge in [0.25, 0.3) is 5.91 Å². The van der Waals surface area contributed by atoms with Gasteiger partial charge in [-0.1, -0.05) is 18.2 Å². The lowest BCUT2D eigenvalue weighted by atomic mass is 10.1. The van der Waals surface area contributed by atoms with E-state index >= 15 is 0 Å². The van der Waals surface area contributed by atoms with Crippen LogP contribution in [0.3, 0.4) is 0 Å². The second kappa shape index (κ2) is 10.7. The fourth-order valence-corrected chi connectivity index (χ4v) is 4.29. The van der Waals surface area contributed by atoms with Gasteiger partial charge < -0.3 is 19.0 Å². The van der Waals surface area contributed by atoms with Crippen LogP contribution < -0.4 is 4.74 Å². The van der Waals surface area contributed by atoms with Crippen molar-refractivity contribution in [2.24, 2.45) is 0 Å². The molecule has 4 rings (SSSR count). The number of nitrogens with zero attached hydrogens (tertiary/aromatic N) is 4. The molecular weight excluding hydrogens is 408 g/mol. The first-order chi connectivity index (χ1) is 15.6. The predicted molar refractivity (Wildman–Crippen MR) is 121 cm³/mol. The maximum absolute atomic E-state index is 13.0. The smallest absolute Gasteiger partial charge is 0.289 e. The van der Waals surface area contributed by atoms with E-state index in [1.165, 1.54) is 6.26 Å². The zero-order valence-corrected chi connectivity index (χ0v) is 18.7. The van der Waals surface area contributed by atoms with Crippen molar-refractivity contribution in [3.8, 4) is 5.75 Å². The normalized spacial score (nSPS) is 19.0. The molecule has 32 heavy (non-hydrogen) atoms. The Kier molecular flexibility index (Phi) is 7.44. The number of ether oxygens (including phenoxy) is 1. The molecule has 2 aromatic rings. The van der Waals surface area contributed by atoms with E-state index in [9.17, 15) is 9.59 Å². The Labute approximate surface area is 189 Å². The first-order valence-corrected chi connectivity index (χ1v) is 11.4. The first-order valence-electron chi connectivity index (χ1n) is 11.4. The maximum Gasteiger partial charge on any atom is 0.289 e. The molecule has 0 aliphatic carbocycles. The number of amides is 2. The van der Waals surface area contributed by atoms with Crippen molar-refractivity contribution < 1.29 is 18.7 Å². The Hall–Kier alpha value is -2.84. The van der Waals surface area contributed by atoms with Gasteiger partial charge in [-0.3, -0.25) is 19.4 Å². The summed E-state index contributed by atoms with van der Waals surface area (Å²) in [6.45, 7) is 9.35. The molecule has 0 bridgehead atoms. The third kappa shape index (κ3) is 5.49. The minimum Gasteiger partial charge on any atom is -0.492 e. The molecule has 2 aliphatic heterocycles. The van der Waals surface area contributed by atoms with Crippen LogP contribution in [-0.2, 0) is 4.79 Å². The molecule has 2 amide bonds. The molecule has 1 unspecified atom stereocenters. The lowest BCUT2D eigenvalue weighted by molar-refractivity contribution is -0.138. The van der Waals surface area contributed by atoms with Crippen molar-refractivity contribution in [3.05, 3.63) is 54.5 Å². The van der Waals surface area contributed by atoms with E-state index in [1.54, 1.807) is 17.0 Å². The number of carbonyl (C=O) groups is 2. The van der Waals surface area contributed by atoms with E-state index < -0.39 is 0 Å². The molecule has 1 aromatic heterocycles. The van der Waals surface area contributed by atoms with Crippen molar-refractivity contribution in [3.63, 3.8) is 0 Å². The summed E-state index contributed by atoms with van der Waals surface area (Å²) >= 11 is 0. The van der Waals surface area contributed by atoms with E-state index in [2.05, 4.69) is 9.80 Å². The quantitative estimate of drug-likeness (QED) is 0.652. The maximum atomic E-state index is 13.0. The standard InChI is InChI=1S/C24H32N4O4/c1-20(23(29)27-13-15-28(16-14-27)24(30)22-8-5-18-32-22)26-11-9-25(10-12-26)17-19-31-21-6-3-2-4-7-21/h2-8,18,20H,9-17,19H2,1H3. The summed E-state index contributed by atoms with van der Waals surface area (Å²) in [7, 11) is 0. The number of hydrogen-bond donors (Lipinski definition) is 0. The monoisotopic (exact) mass is 440 g/mol. The fourth-order valence-electron chi connectivity index (χ4n) is 4.29. The molecule has 3 heterocycles. The van der Waals surface area contributed by atoms with E-state index in [-0.39, 0.29) is 17.9 Å². The van der Waals surface area contributed by atoms with Crippen LogP contribution in [-0.4, -0.2) is 103 Å². The van der Waals surface area contributed by atoms with Crippen LogP contribution in [0.1, 0.15) is 17.5 Å². The predicted octanol–water partition coefficient (Wildman–Crippen LogP) is 1.65. The summed E-state index contributed by atoms with van der Waals surface area (Å²) in [4.78, 5) is 33.7. The molecule has 0 N–H and O–H groups in total. The summed E-state index contributed by atoms with van der Waals surface area (Å²) in [5, 5.41) is 0. The largest absolute Gasteiger partial charge is 0.492 e. The summed E-state index contributed by atoms with van der Waals surface area (Å²) in [6.07, 6.45) is 1.50. The molecule has 2 fully saturated rings. The van der Waals surface area contributed by atoms with Gasteiger partial charge in [0.05, 0.1) is 12.3 Å². The van der Waals surface area contributed by atoms with Crippen LogP contribution in [0, 0.1) is 0 Å². The molecule has 172 valence electrons. The van der Waals surface area contributed by atoms with Gasteiger partial charge in [0.2, 0.25) is 5.91 Å². The van der Waals surface area contributed by atoms with Crippen LogP contribution in [0.4, 0.5) is 0 Å². The van der Waals surface area contributed by atoms with Gasteiger partial charge in [-0.15, -0.1) is 0 Å². The number of piperazine rings is 2. The summed E-state index contributed by atoms with van der Waals surface area (Å²) in [5.74, 6) is 1.29. The number of hydrogen-bond acceptors (Lipinski definition) is 6. The summed E-state index contributed by atoms with van der Waals surface area (Å²) in [5.41, 5.74) is 0. The van der Waals surface area contributed by atoms with Crippen LogP contribution in [0.25, 0.3) is 0 Å². The highest BCUT2D eigenvalue weighted by atomic mass is 16.5. The zero-order valence-electron chi connectivity index (χ0n) is 18.7. The molecule has 2 aliphatic rings. The van der Waals surface area contributed by atoms with Crippen LogP contribution in [0.5, 0.6) is 5.75 Å². The van der Waals surface area contributed by atoms with Crippen LogP contribution in [0.15, 0.2) is 53.1 Å². The molecule has 2 saturated heterocycles. The van der Waals surface area contributed by atoms with Gasteiger partial charge in [0, 0.05) is 58.9 Å². The highest BCUT2D eigenvalue weighted by molar-refractivity contribution is 5.91. The number of para-hydroxylation sites is 1. The molecule has 8 nitrogen and oxygen atoms in total. The first kappa shape index (κ1) is 22.4. The van der Waals surface area contributed by atoms with Crippen LogP contribution >= 0.6 is 0 Å². The van der Waals surface area contributed by atoms with Crippen molar-refractivity contribution >= 4 is 11.8 Å². The summed E-state index contributed by atoms with van der Waals surface area (Å²) in [6, 6.07) is 13.1. The molecular formula is C24H32N4O4. The Morgan fingerprint density at radius 1 is 0.906 bits per heavy atom. The topological polar surface area (TPSA) is 69.5 Å².